The lowest BCUT2D eigenvalue weighted by atomic mass is 9.46. The van der Waals surface area contributed by atoms with Gasteiger partial charge < -0.3 is 9.84 Å². The van der Waals surface area contributed by atoms with Crippen molar-refractivity contribution in [2.24, 2.45) is 28.6 Å². The predicted molar refractivity (Wildman–Crippen MR) is 101 cm³/mol. The SMILES string of the molecule is C#C[C@]1(OC)CC[C@H]2[C@@H]3CC=C4C[C@@H](O)CC[C@]4(CC)[C@H]3CC[C@@]21C. The van der Waals surface area contributed by atoms with Gasteiger partial charge in [-0.2, -0.15) is 0 Å². The van der Waals surface area contributed by atoms with Crippen LogP contribution in [0.4, 0.5) is 0 Å². The number of ether oxygens (including phenoxy) is 1. The second-order valence-electron chi connectivity index (χ2n) is 9.42. The molecule has 0 radical (unpaired) electrons. The molecule has 4 aliphatic carbocycles. The van der Waals surface area contributed by atoms with Gasteiger partial charge in [0.15, 0.2) is 0 Å². The maximum atomic E-state index is 10.2. The molecule has 0 bridgehead atoms. The fraction of sp³-hybridized carbons (Fsp3) is 0.826. The summed E-state index contributed by atoms with van der Waals surface area (Å²) in [6.07, 6.45) is 18.5. The van der Waals surface area contributed by atoms with Crippen molar-refractivity contribution in [3.63, 3.8) is 0 Å². The van der Waals surface area contributed by atoms with Crippen molar-refractivity contribution in [1.82, 2.24) is 0 Å². The van der Waals surface area contributed by atoms with Crippen LogP contribution in [0.3, 0.4) is 0 Å². The zero-order valence-corrected chi connectivity index (χ0v) is 16.2. The lowest BCUT2D eigenvalue weighted by molar-refractivity contribution is -0.115. The Balaban J connectivity index is 1.71. The van der Waals surface area contributed by atoms with E-state index < -0.39 is 0 Å². The maximum Gasteiger partial charge on any atom is 0.133 e. The number of hydrogen-bond donors (Lipinski definition) is 1. The molecule has 4 rings (SSSR count). The van der Waals surface area contributed by atoms with E-state index in [1.807, 2.05) is 7.11 Å². The largest absolute Gasteiger partial charge is 0.393 e. The Morgan fingerprint density at radius 1 is 1.24 bits per heavy atom. The highest BCUT2D eigenvalue weighted by molar-refractivity contribution is 5.29. The fourth-order valence-corrected chi connectivity index (χ4v) is 7.73. The first kappa shape index (κ1) is 17.6. The Kier molecular flexibility index (Phi) is 4.13. The van der Waals surface area contributed by atoms with Crippen LogP contribution in [0.1, 0.15) is 71.6 Å². The van der Waals surface area contributed by atoms with Gasteiger partial charge in [-0.3, -0.25) is 0 Å². The Morgan fingerprint density at radius 3 is 2.68 bits per heavy atom. The molecular weight excluding hydrogens is 308 g/mol. The quantitative estimate of drug-likeness (QED) is 0.581. The molecule has 1 N–H and O–H groups in total. The van der Waals surface area contributed by atoms with Gasteiger partial charge >= 0.3 is 0 Å². The van der Waals surface area contributed by atoms with Crippen molar-refractivity contribution in [1.29, 1.82) is 0 Å². The molecule has 0 heterocycles. The number of terminal acetylenes is 1. The molecule has 0 amide bonds. The highest BCUT2D eigenvalue weighted by Crippen LogP contribution is 2.68. The van der Waals surface area contributed by atoms with E-state index in [0.29, 0.717) is 11.3 Å². The van der Waals surface area contributed by atoms with Crippen molar-refractivity contribution in [2.75, 3.05) is 7.11 Å². The topological polar surface area (TPSA) is 29.5 Å². The Labute approximate surface area is 153 Å². The monoisotopic (exact) mass is 342 g/mol. The van der Waals surface area contributed by atoms with Crippen LogP contribution in [0.2, 0.25) is 0 Å². The molecule has 3 saturated carbocycles. The molecule has 7 atom stereocenters. The highest BCUT2D eigenvalue weighted by Gasteiger charge is 2.64. The second kappa shape index (κ2) is 5.86. The molecule has 0 saturated heterocycles. The molecule has 0 aromatic rings. The van der Waals surface area contributed by atoms with Crippen LogP contribution in [0.25, 0.3) is 0 Å². The van der Waals surface area contributed by atoms with Gasteiger partial charge in [0.2, 0.25) is 0 Å². The number of hydrogen-bond acceptors (Lipinski definition) is 2. The average molecular weight is 343 g/mol. The number of aliphatic hydroxyl groups excluding tert-OH is 1. The minimum Gasteiger partial charge on any atom is -0.393 e. The molecule has 0 spiro atoms. The number of fused-ring (bicyclic) bond motifs is 5. The summed E-state index contributed by atoms with van der Waals surface area (Å²) >= 11 is 0. The number of allylic oxidation sites excluding steroid dienone is 1. The summed E-state index contributed by atoms with van der Waals surface area (Å²) in [6.45, 7) is 4.78. The Bertz CT molecular complexity index is 616. The van der Waals surface area contributed by atoms with Gasteiger partial charge in [-0.1, -0.05) is 31.4 Å². The van der Waals surface area contributed by atoms with Crippen molar-refractivity contribution in [2.45, 2.75) is 83.3 Å². The first-order valence-electron chi connectivity index (χ1n) is 10.4. The molecule has 0 aliphatic heterocycles. The zero-order valence-electron chi connectivity index (χ0n) is 16.2. The van der Waals surface area contributed by atoms with Crippen molar-refractivity contribution in [3.05, 3.63) is 11.6 Å². The highest BCUT2D eigenvalue weighted by atomic mass is 16.5. The third kappa shape index (κ3) is 2.12. The molecule has 3 fully saturated rings. The summed E-state index contributed by atoms with van der Waals surface area (Å²) in [5.74, 6) is 5.26. The smallest absolute Gasteiger partial charge is 0.133 e. The normalized spacial score (nSPS) is 51.7. The Morgan fingerprint density at radius 2 is 2.00 bits per heavy atom. The van der Waals surface area contributed by atoms with Gasteiger partial charge in [0.1, 0.15) is 5.60 Å². The molecule has 0 aromatic heterocycles. The van der Waals surface area contributed by atoms with Crippen LogP contribution in [0.15, 0.2) is 11.6 Å². The predicted octanol–water partition coefficient (Wildman–Crippen LogP) is 4.72. The van der Waals surface area contributed by atoms with Gasteiger partial charge in [-0.05, 0) is 81.0 Å². The lowest BCUT2D eigenvalue weighted by Crippen LogP contribution is -2.55. The summed E-state index contributed by atoms with van der Waals surface area (Å²) in [5, 5.41) is 10.2. The van der Waals surface area contributed by atoms with Gasteiger partial charge in [0, 0.05) is 12.5 Å². The summed E-state index contributed by atoms with van der Waals surface area (Å²) < 4.78 is 5.99. The minimum atomic E-state index is -0.366. The van der Waals surface area contributed by atoms with Crippen molar-refractivity contribution < 1.29 is 9.84 Å². The molecule has 25 heavy (non-hydrogen) atoms. The van der Waals surface area contributed by atoms with Crippen molar-refractivity contribution in [3.8, 4) is 12.3 Å². The van der Waals surface area contributed by atoms with E-state index in [0.717, 1.165) is 31.1 Å². The lowest BCUT2D eigenvalue weighted by Gasteiger charge is -2.59. The summed E-state index contributed by atoms with van der Waals surface area (Å²) in [5.41, 5.74) is 1.67. The maximum absolute atomic E-state index is 10.2. The average Bonchev–Trinajstić information content (AvgIpc) is 2.94. The van der Waals surface area contributed by atoms with Crippen LogP contribution in [-0.4, -0.2) is 23.9 Å². The van der Waals surface area contributed by atoms with E-state index in [-0.39, 0.29) is 17.1 Å². The molecule has 2 nitrogen and oxygen atoms in total. The van der Waals surface area contributed by atoms with Gasteiger partial charge in [0.25, 0.3) is 0 Å². The molecule has 0 aromatic carbocycles. The Hall–Kier alpha value is -0.780. The van der Waals surface area contributed by atoms with Crippen LogP contribution in [0, 0.1) is 40.9 Å². The van der Waals surface area contributed by atoms with Crippen molar-refractivity contribution >= 4 is 0 Å². The van der Waals surface area contributed by atoms with E-state index in [4.69, 9.17) is 11.2 Å². The first-order valence-corrected chi connectivity index (χ1v) is 10.4. The zero-order chi connectivity index (χ0) is 17.9. The van der Waals surface area contributed by atoms with Crippen LogP contribution < -0.4 is 0 Å². The molecule has 0 unspecified atom stereocenters. The standard InChI is InChI=1S/C23H34O2/c1-5-22-13-9-17(24)15-16(22)7-8-18-19-11-14-23(6-2,25-4)21(19,3)12-10-20(18)22/h2,7,17-20,24H,5,8-15H2,1,3-4H3/t17-,18-,19-,20-,21-,22-,23-/m0/s1. The number of rotatable bonds is 2. The van der Waals surface area contributed by atoms with E-state index in [2.05, 4.69) is 25.8 Å². The van der Waals surface area contributed by atoms with Gasteiger partial charge in [0.05, 0.1) is 6.10 Å². The molecular formula is C23H34O2. The summed E-state index contributed by atoms with van der Waals surface area (Å²) in [7, 11) is 1.81. The fourth-order valence-electron chi connectivity index (χ4n) is 7.73. The number of methoxy groups -OCH3 is 1. The second-order valence-corrected chi connectivity index (χ2v) is 9.42. The van der Waals surface area contributed by atoms with Crippen LogP contribution in [-0.2, 0) is 4.74 Å². The minimum absolute atomic E-state index is 0.117. The summed E-state index contributed by atoms with van der Waals surface area (Å²) in [4.78, 5) is 0. The molecule has 4 aliphatic rings. The van der Waals surface area contributed by atoms with Crippen LogP contribution in [0.5, 0.6) is 0 Å². The third-order valence-corrected chi connectivity index (χ3v) is 9.13. The van der Waals surface area contributed by atoms with Gasteiger partial charge in [-0.25, -0.2) is 0 Å². The first-order chi connectivity index (χ1) is 12.0. The summed E-state index contributed by atoms with van der Waals surface area (Å²) in [6, 6.07) is 0. The number of aliphatic hydroxyl groups is 1. The molecule has 2 heteroatoms. The third-order valence-electron chi connectivity index (χ3n) is 9.13. The van der Waals surface area contributed by atoms with E-state index in [1.54, 1.807) is 5.57 Å². The van der Waals surface area contributed by atoms with E-state index in [1.165, 1.54) is 38.5 Å². The van der Waals surface area contributed by atoms with Gasteiger partial charge in [-0.15, -0.1) is 6.42 Å². The van der Waals surface area contributed by atoms with Crippen LogP contribution >= 0.6 is 0 Å². The van der Waals surface area contributed by atoms with E-state index in [9.17, 15) is 5.11 Å². The van der Waals surface area contributed by atoms with E-state index >= 15 is 0 Å². The molecule has 138 valence electrons.